The van der Waals surface area contributed by atoms with Crippen molar-refractivity contribution in [1.82, 2.24) is 5.32 Å². The van der Waals surface area contributed by atoms with E-state index in [0.717, 1.165) is 22.3 Å². The monoisotopic (exact) mass is 610 g/mol. The van der Waals surface area contributed by atoms with Gasteiger partial charge in [-0.05, 0) is 40.8 Å². The van der Waals surface area contributed by atoms with Crippen LogP contribution in [0.25, 0.3) is 11.1 Å². The quantitative estimate of drug-likeness (QED) is 0.123. The van der Waals surface area contributed by atoms with Crippen molar-refractivity contribution in [1.29, 1.82) is 0 Å². The lowest BCUT2D eigenvalue weighted by Crippen LogP contribution is -2.65. The molecule has 3 aromatic rings. The van der Waals surface area contributed by atoms with Crippen LogP contribution in [-0.2, 0) is 37.0 Å². The number of aliphatic hydroxyl groups excluding tert-OH is 1. The van der Waals surface area contributed by atoms with Gasteiger partial charge in [0, 0.05) is 25.1 Å². The lowest BCUT2D eigenvalue weighted by molar-refractivity contribution is -0.279. The zero-order chi connectivity index (χ0) is 30.6. The normalized spacial score (nSPS) is 21.7. The van der Waals surface area contributed by atoms with E-state index in [4.69, 9.17) is 42.0 Å². The highest BCUT2D eigenvalue weighted by Crippen LogP contribution is 2.27. The number of carbonyl (C=O) groups is 1. The third-order valence-electron chi connectivity index (χ3n) is 7.07. The lowest BCUT2D eigenvalue weighted by atomic mass is 9.96. The largest absolute Gasteiger partial charge is 0.388 e. The van der Waals surface area contributed by atoms with Gasteiger partial charge in [0.25, 0.3) is 0 Å². The molecule has 11 heteroatoms. The molecule has 6 N–H and O–H groups in total. The molecule has 0 saturated carbocycles. The Morgan fingerprint density at radius 1 is 0.977 bits per heavy atom. The van der Waals surface area contributed by atoms with E-state index < -0.39 is 30.6 Å². The minimum atomic E-state index is -1.09. The van der Waals surface area contributed by atoms with Gasteiger partial charge in [0.1, 0.15) is 24.4 Å². The number of carbonyl (C=O) groups excluding carboxylic acids is 1. The van der Waals surface area contributed by atoms with E-state index in [-0.39, 0.29) is 31.5 Å². The number of nitrogens with zero attached hydrogens (tertiary/aromatic N) is 1. The summed E-state index contributed by atoms with van der Waals surface area (Å²) < 4.78 is 24.0. The number of hydrogen-bond acceptors (Lipinski definition) is 7. The van der Waals surface area contributed by atoms with Crippen molar-refractivity contribution >= 4 is 23.5 Å². The molecule has 1 unspecified atom stereocenters. The molecular weight excluding hydrogens is 572 g/mol. The molecule has 1 aliphatic heterocycles. The number of nitrogens with one attached hydrogen (secondary N) is 1. The van der Waals surface area contributed by atoms with Gasteiger partial charge in [-0.1, -0.05) is 78.3 Å². The van der Waals surface area contributed by atoms with E-state index in [9.17, 15) is 9.90 Å². The molecule has 1 amide bonds. The summed E-state index contributed by atoms with van der Waals surface area (Å²) in [5.41, 5.74) is 14.8. The van der Waals surface area contributed by atoms with Crippen molar-refractivity contribution in [2.45, 2.75) is 56.7 Å². The topological polar surface area (TPSA) is 151 Å². The molecule has 4 rings (SSSR count). The second-order valence-electron chi connectivity index (χ2n) is 10.3. The van der Waals surface area contributed by atoms with Gasteiger partial charge in [0.05, 0.1) is 19.8 Å². The molecule has 3 aromatic carbocycles. The second-order valence-corrected chi connectivity index (χ2v) is 10.7. The van der Waals surface area contributed by atoms with Gasteiger partial charge in [-0.25, -0.2) is 0 Å². The van der Waals surface area contributed by atoms with Crippen LogP contribution in [0, 0.1) is 0 Å². The number of nitrogens with two attached hydrogens (primary N) is 2. The van der Waals surface area contributed by atoms with Gasteiger partial charge >= 0.3 is 0 Å². The maximum Gasteiger partial charge on any atom is 0.220 e. The predicted molar refractivity (Wildman–Crippen MR) is 165 cm³/mol. The average molecular weight is 611 g/mol. The maximum atomic E-state index is 12.8. The second kappa shape index (κ2) is 16.4. The van der Waals surface area contributed by atoms with Crippen molar-refractivity contribution in [2.24, 2.45) is 16.5 Å². The van der Waals surface area contributed by atoms with Crippen LogP contribution in [0.4, 0.5) is 0 Å². The number of halogens is 1. The number of rotatable bonds is 14. The number of guanidine groups is 1. The summed E-state index contributed by atoms with van der Waals surface area (Å²) in [6.45, 7) is 0.909. The zero-order valence-corrected chi connectivity index (χ0v) is 24.9. The van der Waals surface area contributed by atoms with Crippen molar-refractivity contribution in [3.8, 4) is 11.1 Å². The third-order valence-corrected chi connectivity index (χ3v) is 7.32. The Labute approximate surface area is 256 Å². The highest BCUT2D eigenvalue weighted by Gasteiger charge is 2.47. The molecule has 0 radical (unpaired) electrons. The van der Waals surface area contributed by atoms with Crippen LogP contribution in [-0.4, -0.2) is 67.9 Å². The molecule has 5 atom stereocenters. The van der Waals surface area contributed by atoms with Gasteiger partial charge in [-0.2, -0.15) is 0 Å². The smallest absolute Gasteiger partial charge is 0.220 e. The minimum absolute atomic E-state index is 0.0294. The molecule has 230 valence electrons. The first kappa shape index (κ1) is 32.4. The molecular formula is C32H39ClN4O6. The Balaban J connectivity index is 1.43. The van der Waals surface area contributed by atoms with Gasteiger partial charge < -0.3 is 40.8 Å². The molecule has 43 heavy (non-hydrogen) atoms. The number of benzene rings is 3. The van der Waals surface area contributed by atoms with Crippen LogP contribution in [0.3, 0.4) is 0 Å². The molecule has 1 aliphatic rings. The molecule has 1 fully saturated rings. The number of ether oxygens (including phenoxy) is 4. The van der Waals surface area contributed by atoms with E-state index in [1.54, 1.807) is 12.1 Å². The van der Waals surface area contributed by atoms with Crippen molar-refractivity contribution in [3.63, 3.8) is 0 Å². The Hall–Kier alpha value is -3.51. The predicted octanol–water partition coefficient (Wildman–Crippen LogP) is 3.38. The molecule has 1 heterocycles. The van der Waals surface area contributed by atoms with Crippen LogP contribution < -0.4 is 16.8 Å². The lowest BCUT2D eigenvalue weighted by Gasteiger charge is -2.44. The number of aliphatic imine (C=N–C) groups is 1. The summed E-state index contributed by atoms with van der Waals surface area (Å²) in [4.78, 5) is 16.8. The zero-order valence-electron chi connectivity index (χ0n) is 24.1. The highest BCUT2D eigenvalue weighted by molar-refractivity contribution is 6.30. The fraction of sp³-hybridized carbons (Fsp3) is 0.375. The molecule has 0 aliphatic carbocycles. The summed E-state index contributed by atoms with van der Waals surface area (Å²) in [5, 5.41) is 14.7. The van der Waals surface area contributed by atoms with Gasteiger partial charge in [-0.15, -0.1) is 0 Å². The first-order valence-electron chi connectivity index (χ1n) is 14.1. The Kier molecular flexibility index (Phi) is 12.3. The Bertz CT molecular complexity index is 1310. The molecule has 0 bridgehead atoms. The van der Waals surface area contributed by atoms with E-state index in [1.165, 1.54) is 7.11 Å². The number of hydrogen-bond donors (Lipinski definition) is 4. The van der Waals surface area contributed by atoms with Crippen LogP contribution in [0.15, 0.2) is 83.9 Å². The van der Waals surface area contributed by atoms with E-state index in [2.05, 4.69) is 22.4 Å². The first-order valence-corrected chi connectivity index (χ1v) is 14.5. The Morgan fingerprint density at radius 3 is 2.30 bits per heavy atom. The summed E-state index contributed by atoms with van der Waals surface area (Å²) in [7, 11) is 1.47. The van der Waals surface area contributed by atoms with Crippen LogP contribution >= 0.6 is 11.6 Å². The summed E-state index contributed by atoms with van der Waals surface area (Å²) in [6, 6.07) is 24.6. The van der Waals surface area contributed by atoms with Crippen molar-refractivity contribution in [3.05, 3.63) is 95.0 Å². The average Bonchev–Trinajstić information content (AvgIpc) is 3.01. The van der Waals surface area contributed by atoms with Crippen LogP contribution in [0.1, 0.15) is 24.0 Å². The number of amides is 1. The van der Waals surface area contributed by atoms with E-state index in [0.29, 0.717) is 24.6 Å². The molecule has 1 saturated heterocycles. The van der Waals surface area contributed by atoms with Crippen LogP contribution in [0.2, 0.25) is 5.02 Å². The fourth-order valence-electron chi connectivity index (χ4n) is 4.82. The SMILES string of the molecule is CO[C@H]1[C@H](O)[C@@H](COCc2ccc(Cl)cc2)OC(OCc2ccc(-c3ccccc3)cc2)[C@@H]1NC(=O)CCCN=C(N)N. The van der Waals surface area contributed by atoms with Crippen molar-refractivity contribution < 1.29 is 28.8 Å². The third kappa shape index (κ3) is 9.75. The summed E-state index contributed by atoms with van der Waals surface area (Å²) in [6.07, 6.45) is -2.98. The molecule has 10 nitrogen and oxygen atoms in total. The number of methoxy groups -OCH3 is 1. The minimum Gasteiger partial charge on any atom is -0.388 e. The molecule has 0 spiro atoms. The van der Waals surface area contributed by atoms with Crippen LogP contribution in [0.5, 0.6) is 0 Å². The van der Waals surface area contributed by atoms with E-state index in [1.807, 2.05) is 54.6 Å². The van der Waals surface area contributed by atoms with Gasteiger partial charge in [0.2, 0.25) is 5.91 Å². The number of aliphatic hydroxyl groups is 1. The van der Waals surface area contributed by atoms with Gasteiger partial charge in [0.15, 0.2) is 12.2 Å². The fourth-order valence-corrected chi connectivity index (χ4v) is 4.94. The first-order chi connectivity index (χ1) is 20.8. The summed E-state index contributed by atoms with van der Waals surface area (Å²) >= 11 is 5.97. The van der Waals surface area contributed by atoms with E-state index >= 15 is 0 Å². The van der Waals surface area contributed by atoms with Gasteiger partial charge in [-0.3, -0.25) is 9.79 Å². The summed E-state index contributed by atoms with van der Waals surface area (Å²) in [5.74, 6) is -0.301. The van der Waals surface area contributed by atoms with Crippen molar-refractivity contribution in [2.75, 3.05) is 20.3 Å². The Morgan fingerprint density at radius 2 is 1.63 bits per heavy atom. The molecule has 0 aromatic heterocycles. The highest BCUT2D eigenvalue weighted by atomic mass is 35.5. The standard InChI is InChI=1S/C32H39ClN4O6/c1-40-30-28(37-27(38)8-5-17-36-32(34)35)31(42-19-22-9-13-24(14-10-22)23-6-3-2-4-7-23)43-26(29(30)39)20-41-18-21-11-15-25(33)16-12-21/h2-4,6-7,9-16,26,28-31,39H,5,8,17-20H2,1H3,(H,37,38)(H4,34,35,36)/t26-,28-,29-,30-,31?/m1/s1. The maximum absolute atomic E-state index is 12.8.